The fraction of sp³-hybridized carbons (Fsp3) is 0.417. The molecule has 0 aromatic heterocycles. The zero-order valence-corrected chi connectivity index (χ0v) is 20.8. The first-order valence-electron chi connectivity index (χ1n) is 11.1. The van der Waals surface area contributed by atoms with Crippen LogP contribution in [0, 0.1) is 19.8 Å². The number of nitrogens with zero attached hydrogens (tertiary/aromatic N) is 2. The van der Waals surface area contributed by atoms with Crippen molar-refractivity contribution in [2.75, 3.05) is 35.6 Å². The van der Waals surface area contributed by atoms with E-state index < -0.39 is 10.0 Å². The first-order chi connectivity index (χ1) is 15.7. The molecule has 0 unspecified atom stereocenters. The van der Waals surface area contributed by atoms with Gasteiger partial charge in [-0.3, -0.25) is 9.59 Å². The van der Waals surface area contributed by atoms with Crippen molar-refractivity contribution in [2.45, 2.75) is 43.4 Å². The quantitative estimate of drug-likeness (QED) is 0.693. The van der Waals surface area contributed by atoms with Gasteiger partial charge in [-0.2, -0.15) is 4.31 Å². The summed E-state index contributed by atoms with van der Waals surface area (Å²) in [6.07, 6.45) is 1.70. The molecule has 0 aliphatic carbocycles. The molecule has 2 aliphatic rings. The number of fused-ring (bicyclic) bond motifs is 1. The fourth-order valence-electron chi connectivity index (χ4n) is 4.24. The van der Waals surface area contributed by atoms with Crippen molar-refractivity contribution in [3.05, 3.63) is 47.5 Å². The molecule has 9 heteroatoms. The number of anilines is 2. The number of carbonyl (C=O) groups is 2. The van der Waals surface area contributed by atoms with Gasteiger partial charge < -0.3 is 10.2 Å². The molecule has 4 rings (SSSR count). The van der Waals surface area contributed by atoms with Crippen LogP contribution in [0.5, 0.6) is 0 Å². The largest absolute Gasteiger partial charge is 0.324 e. The number of para-hydroxylation sites is 1. The predicted molar refractivity (Wildman–Crippen MR) is 131 cm³/mol. The number of hydrogen-bond acceptors (Lipinski definition) is 5. The molecule has 0 saturated carbocycles. The van der Waals surface area contributed by atoms with Gasteiger partial charge in [0.15, 0.2) is 0 Å². The lowest BCUT2D eigenvalue weighted by molar-refractivity contribution is -0.123. The van der Waals surface area contributed by atoms with Gasteiger partial charge in [0.1, 0.15) is 6.54 Å². The number of benzene rings is 2. The summed E-state index contributed by atoms with van der Waals surface area (Å²) in [6, 6.07) is 10.7. The summed E-state index contributed by atoms with van der Waals surface area (Å²) < 4.78 is 27.8. The molecule has 2 aromatic carbocycles. The minimum Gasteiger partial charge on any atom is -0.324 e. The summed E-state index contributed by atoms with van der Waals surface area (Å²) in [4.78, 5) is 28.6. The average Bonchev–Trinajstić information content (AvgIpc) is 3.30. The van der Waals surface area contributed by atoms with Crippen molar-refractivity contribution in [1.29, 1.82) is 0 Å². The summed E-state index contributed by atoms with van der Waals surface area (Å²) in [5.74, 6) is -0.236. The van der Waals surface area contributed by atoms with Crippen LogP contribution in [-0.2, 0) is 19.6 Å². The van der Waals surface area contributed by atoms with E-state index in [0.29, 0.717) is 24.5 Å². The van der Waals surface area contributed by atoms with Crippen molar-refractivity contribution in [2.24, 2.45) is 5.92 Å². The Hall–Kier alpha value is -2.36. The van der Waals surface area contributed by atoms with Crippen LogP contribution in [0.4, 0.5) is 11.4 Å². The lowest BCUT2D eigenvalue weighted by Gasteiger charge is -2.25. The molecule has 2 amide bonds. The van der Waals surface area contributed by atoms with Gasteiger partial charge in [0, 0.05) is 35.3 Å². The maximum Gasteiger partial charge on any atom is 0.244 e. The normalized spacial score (nSPS) is 19.3. The molecule has 1 N–H and O–H groups in total. The molecule has 7 nitrogen and oxygen atoms in total. The number of thioether (sulfide) groups is 1. The number of carbonyl (C=O) groups excluding carboxylic acids is 2. The Bertz CT molecular complexity index is 1170. The maximum atomic E-state index is 13.2. The van der Waals surface area contributed by atoms with Crippen molar-refractivity contribution < 1.29 is 18.0 Å². The van der Waals surface area contributed by atoms with Gasteiger partial charge >= 0.3 is 0 Å². The van der Waals surface area contributed by atoms with Gasteiger partial charge in [-0.15, -0.1) is 11.8 Å². The topological polar surface area (TPSA) is 86.8 Å². The summed E-state index contributed by atoms with van der Waals surface area (Å²) in [5.41, 5.74) is 3.09. The number of rotatable bonds is 5. The zero-order valence-electron chi connectivity index (χ0n) is 19.1. The van der Waals surface area contributed by atoms with Gasteiger partial charge in [-0.25, -0.2) is 8.42 Å². The van der Waals surface area contributed by atoms with Gasteiger partial charge in [-0.05, 0) is 56.0 Å². The number of amides is 2. The fourth-order valence-corrected chi connectivity index (χ4v) is 6.83. The molecule has 1 saturated heterocycles. The standard InChI is InChI=1S/C24H29N3O4S2/c1-16-7-6-8-17(2)23(16)25-22(28)14-27-20-13-19(33(30,31)26-11-4-5-12-26)9-10-21(20)32-15-18(3)24(27)29/h6-10,13,18H,4-5,11-12,14-15H2,1-3H3,(H,25,28)/t18-/m0/s1. The van der Waals surface area contributed by atoms with Crippen LogP contribution in [0.15, 0.2) is 46.2 Å². The Kier molecular flexibility index (Phi) is 6.83. The lowest BCUT2D eigenvalue weighted by Crippen LogP contribution is -2.41. The van der Waals surface area contributed by atoms with E-state index in [1.165, 1.54) is 21.0 Å². The van der Waals surface area contributed by atoms with E-state index in [1.54, 1.807) is 18.2 Å². The first-order valence-corrected chi connectivity index (χ1v) is 13.6. The second-order valence-corrected chi connectivity index (χ2v) is 11.7. The van der Waals surface area contributed by atoms with Crippen LogP contribution in [0.25, 0.3) is 0 Å². The Balaban J connectivity index is 1.67. The molecule has 2 heterocycles. The number of sulfonamides is 1. The average molecular weight is 488 g/mol. The van der Waals surface area contributed by atoms with Gasteiger partial charge in [-0.1, -0.05) is 25.1 Å². The number of aryl methyl sites for hydroxylation is 2. The molecule has 1 fully saturated rings. The summed E-state index contributed by atoms with van der Waals surface area (Å²) >= 11 is 1.51. The van der Waals surface area contributed by atoms with Crippen LogP contribution in [0.1, 0.15) is 30.9 Å². The molecule has 0 bridgehead atoms. The highest BCUT2D eigenvalue weighted by molar-refractivity contribution is 7.99. The van der Waals surface area contributed by atoms with Gasteiger partial charge in [0.2, 0.25) is 21.8 Å². The van der Waals surface area contributed by atoms with E-state index in [2.05, 4.69) is 5.32 Å². The van der Waals surface area contributed by atoms with E-state index in [4.69, 9.17) is 0 Å². The van der Waals surface area contributed by atoms with E-state index in [0.717, 1.165) is 34.6 Å². The summed E-state index contributed by atoms with van der Waals surface area (Å²) in [7, 11) is -3.64. The Morgan fingerprint density at radius 3 is 2.45 bits per heavy atom. The molecule has 2 aromatic rings. The number of hydrogen-bond donors (Lipinski definition) is 1. The third-order valence-electron chi connectivity index (χ3n) is 6.15. The predicted octanol–water partition coefficient (Wildman–Crippen LogP) is 3.80. The molecular formula is C24H29N3O4S2. The van der Waals surface area contributed by atoms with E-state index >= 15 is 0 Å². The molecule has 0 spiro atoms. The maximum absolute atomic E-state index is 13.2. The van der Waals surface area contributed by atoms with Gasteiger partial charge in [0.05, 0.1) is 10.6 Å². The molecule has 176 valence electrons. The van der Waals surface area contributed by atoms with Crippen LogP contribution in [0.2, 0.25) is 0 Å². The third kappa shape index (κ3) is 4.81. The van der Waals surface area contributed by atoms with Crippen molar-refractivity contribution in [3.8, 4) is 0 Å². The Morgan fingerprint density at radius 2 is 1.79 bits per heavy atom. The minimum atomic E-state index is -3.64. The van der Waals surface area contributed by atoms with Crippen molar-refractivity contribution >= 4 is 45.0 Å². The summed E-state index contributed by atoms with van der Waals surface area (Å²) in [6.45, 7) is 6.50. The van der Waals surface area contributed by atoms with Crippen molar-refractivity contribution in [3.63, 3.8) is 0 Å². The molecule has 33 heavy (non-hydrogen) atoms. The van der Waals surface area contributed by atoms with E-state index in [1.807, 2.05) is 39.0 Å². The van der Waals surface area contributed by atoms with Crippen LogP contribution in [-0.4, -0.2) is 49.9 Å². The lowest BCUT2D eigenvalue weighted by atomic mass is 10.1. The second-order valence-electron chi connectivity index (χ2n) is 8.69. The van der Waals surface area contributed by atoms with Crippen LogP contribution in [0.3, 0.4) is 0 Å². The van der Waals surface area contributed by atoms with Crippen LogP contribution >= 0.6 is 11.8 Å². The SMILES string of the molecule is Cc1cccc(C)c1NC(=O)CN1C(=O)[C@@H](C)CSc2ccc(S(=O)(=O)N3CCCC3)cc21. The van der Waals surface area contributed by atoms with Crippen LogP contribution < -0.4 is 10.2 Å². The first kappa shape index (κ1) is 23.8. The van der Waals surface area contributed by atoms with E-state index in [9.17, 15) is 18.0 Å². The zero-order chi connectivity index (χ0) is 23.8. The molecule has 1 atom stereocenters. The van der Waals surface area contributed by atoms with E-state index in [-0.39, 0.29) is 29.2 Å². The summed E-state index contributed by atoms with van der Waals surface area (Å²) in [5, 5.41) is 2.94. The Labute approximate surface area is 199 Å². The number of nitrogens with one attached hydrogen (secondary N) is 1. The Morgan fingerprint density at radius 1 is 1.12 bits per heavy atom. The second kappa shape index (κ2) is 9.48. The smallest absolute Gasteiger partial charge is 0.244 e. The molecule has 2 aliphatic heterocycles. The highest BCUT2D eigenvalue weighted by Gasteiger charge is 2.33. The third-order valence-corrected chi connectivity index (χ3v) is 9.37. The molecular weight excluding hydrogens is 458 g/mol. The monoisotopic (exact) mass is 487 g/mol. The molecule has 0 radical (unpaired) electrons. The van der Waals surface area contributed by atoms with Gasteiger partial charge in [0.25, 0.3) is 0 Å². The minimum absolute atomic E-state index is 0.159. The highest BCUT2D eigenvalue weighted by Crippen LogP contribution is 2.38. The highest BCUT2D eigenvalue weighted by atomic mass is 32.2. The van der Waals surface area contributed by atoms with Crippen molar-refractivity contribution in [1.82, 2.24) is 4.31 Å².